The van der Waals surface area contributed by atoms with Crippen molar-refractivity contribution in [2.24, 2.45) is 5.92 Å². The Morgan fingerprint density at radius 2 is 1.34 bits per heavy atom. The van der Waals surface area contributed by atoms with Crippen LogP contribution < -0.4 is 31.9 Å². The van der Waals surface area contributed by atoms with Crippen LogP contribution in [0.15, 0.2) is 29.3 Å². The second-order valence-corrected chi connectivity index (χ2v) is 17.2. The first kappa shape index (κ1) is 49.6. The molecule has 0 spiro atoms. The van der Waals surface area contributed by atoms with Gasteiger partial charge in [0.05, 0.1) is 49.4 Å². The minimum absolute atomic E-state index is 0.176. The average molecular weight is 897 g/mol. The van der Waals surface area contributed by atoms with Crippen molar-refractivity contribution < 1.29 is 73.5 Å². The number of aromatic nitrogens is 1. The van der Waals surface area contributed by atoms with Crippen molar-refractivity contribution in [2.45, 2.75) is 112 Å². The molecule has 2 fully saturated rings. The smallest absolute Gasteiger partial charge is 0.248 e. The Labute approximate surface area is 357 Å². The van der Waals surface area contributed by atoms with Crippen LogP contribution in [-0.2, 0) is 50.8 Å². The first-order chi connectivity index (χ1) is 29.1. The highest BCUT2D eigenvalue weighted by molar-refractivity contribution is 7.84. The van der Waals surface area contributed by atoms with Crippen molar-refractivity contribution in [3.05, 3.63) is 29.8 Å². The number of aromatic amines is 1. The Kier molecular flexibility index (Phi) is 16.7. The maximum Gasteiger partial charge on any atom is 0.248 e. The minimum atomic E-state index is -2.40. The summed E-state index contributed by atoms with van der Waals surface area (Å²) in [4.78, 5) is 101. The number of hydrogen-bond acceptors (Lipinski definition) is 15. The first-order valence-corrected chi connectivity index (χ1v) is 21.3. The van der Waals surface area contributed by atoms with E-state index >= 15 is 0 Å². The molecule has 0 saturated carbocycles. The van der Waals surface area contributed by atoms with Gasteiger partial charge in [-0.25, -0.2) is 0 Å². The molecule has 344 valence electrons. The molecule has 2 saturated heterocycles. The number of aliphatic hydroxyl groups excluding tert-OH is 6. The van der Waals surface area contributed by atoms with Crippen LogP contribution in [0.1, 0.15) is 39.7 Å². The first-order valence-electron chi connectivity index (χ1n) is 19.7. The number of benzene rings is 1. The van der Waals surface area contributed by atoms with E-state index in [4.69, 9.17) is 0 Å². The Balaban J connectivity index is 1.86. The third-order valence-electron chi connectivity index (χ3n) is 10.8. The molecule has 14 N–H and O–H groups in total. The second kappa shape index (κ2) is 20.9. The van der Waals surface area contributed by atoms with Crippen molar-refractivity contribution in [1.29, 1.82) is 0 Å². The Morgan fingerprint density at radius 1 is 0.774 bits per heavy atom. The zero-order chi connectivity index (χ0) is 46.4. The van der Waals surface area contributed by atoms with Gasteiger partial charge >= 0.3 is 0 Å². The van der Waals surface area contributed by atoms with Crippen molar-refractivity contribution in [2.75, 3.05) is 32.6 Å². The summed E-state index contributed by atoms with van der Waals surface area (Å²) in [6, 6.07) is -5.58. The van der Waals surface area contributed by atoms with Gasteiger partial charge in [-0.15, -0.1) is 0 Å². The maximum atomic E-state index is 14.4. The van der Waals surface area contributed by atoms with Gasteiger partial charge in [0.2, 0.25) is 41.4 Å². The van der Waals surface area contributed by atoms with Gasteiger partial charge in [0.25, 0.3) is 0 Å². The van der Waals surface area contributed by atoms with E-state index in [0.29, 0.717) is 21.4 Å². The van der Waals surface area contributed by atoms with Gasteiger partial charge in [-0.05, 0) is 31.4 Å². The van der Waals surface area contributed by atoms with Crippen LogP contribution in [0.5, 0.6) is 0 Å². The van der Waals surface area contributed by atoms with Crippen LogP contribution in [-0.4, -0.2) is 190 Å². The normalized spacial score (nSPS) is 28.8. The molecule has 1 aromatic carbocycles. The molecule has 62 heavy (non-hydrogen) atoms. The van der Waals surface area contributed by atoms with Gasteiger partial charge in [0.1, 0.15) is 59.0 Å². The number of carbonyl (C=O) groups excluding carboxylic acids is 7. The molecule has 2 aliphatic heterocycles. The van der Waals surface area contributed by atoms with Gasteiger partial charge in [0.15, 0.2) is 0 Å². The summed E-state index contributed by atoms with van der Waals surface area (Å²) >= 11 is 0. The van der Waals surface area contributed by atoms with E-state index in [0.717, 1.165) is 6.92 Å². The molecule has 4 rings (SSSR count). The molecule has 0 aliphatic carbocycles. The summed E-state index contributed by atoms with van der Waals surface area (Å²) in [5.74, 6) is -8.75. The number of H-pyrrole nitrogens is 1. The van der Waals surface area contributed by atoms with Gasteiger partial charge in [-0.3, -0.25) is 37.8 Å². The van der Waals surface area contributed by atoms with Gasteiger partial charge in [-0.1, -0.05) is 32.0 Å². The number of aliphatic hydroxyl groups is 7. The molecule has 7 amide bonds. The number of amides is 7. The predicted octanol–water partition coefficient (Wildman–Crippen LogP) is -6.54. The number of fused-ring (bicyclic) bond motifs is 2. The molecule has 0 radical (unpaired) electrons. The highest BCUT2D eigenvalue weighted by Crippen LogP contribution is 2.27. The largest absolute Gasteiger partial charge is 0.394 e. The number of nitrogens with zero attached hydrogens (tertiary/aromatic N) is 1. The number of hydrogen-bond donors (Lipinski definition) is 14. The fraction of sp³-hybridized carbons (Fsp3) is 0.605. The monoisotopic (exact) mass is 896 g/mol. The maximum absolute atomic E-state index is 14.4. The van der Waals surface area contributed by atoms with E-state index in [2.05, 4.69) is 36.9 Å². The third-order valence-corrected chi connectivity index (χ3v) is 11.7. The van der Waals surface area contributed by atoms with Crippen molar-refractivity contribution in [1.82, 2.24) is 41.8 Å². The van der Waals surface area contributed by atoms with Gasteiger partial charge < -0.3 is 77.5 Å². The predicted molar refractivity (Wildman–Crippen MR) is 216 cm³/mol. The SMILES string of the molecule is CC(C)[C@@H]1NC(=O)[C@H](CC(O)(CO)CO)NC(=O)[C@H](Cc2c(S(C)=O)[nH]c3ccccc23)NC(=O)[C@H](C)NC(=O)[C@@H]2[C@@H](O)[C@H](O)CN2C(=O)[C@@H](CO)NC(=O)[C@@H]([C@H](C)O)NC1=O. The molecule has 3 heterocycles. The average Bonchev–Trinajstić information content (AvgIpc) is 3.74. The van der Waals surface area contributed by atoms with Crippen LogP contribution in [0.2, 0.25) is 0 Å². The summed E-state index contributed by atoms with van der Waals surface area (Å²) in [6.07, 6.45) is -5.22. The molecule has 0 bridgehead atoms. The highest BCUT2D eigenvalue weighted by atomic mass is 32.2. The molecular formula is C38H56N8O15S. The topological polar surface area (TPSA) is 369 Å². The van der Waals surface area contributed by atoms with E-state index < -0.39 is 163 Å². The molecule has 11 atom stereocenters. The molecular weight excluding hydrogens is 841 g/mol. The molecule has 1 unspecified atom stereocenters. The lowest BCUT2D eigenvalue weighted by Gasteiger charge is -2.32. The molecule has 1 aromatic heterocycles. The third kappa shape index (κ3) is 11.3. The molecule has 2 aromatic rings. The Morgan fingerprint density at radius 3 is 1.92 bits per heavy atom. The van der Waals surface area contributed by atoms with Crippen LogP contribution in [0.4, 0.5) is 0 Å². The summed E-state index contributed by atoms with van der Waals surface area (Å²) in [5, 5.41) is 87.8. The Hall–Kier alpha value is -5.08. The fourth-order valence-electron chi connectivity index (χ4n) is 7.16. The summed E-state index contributed by atoms with van der Waals surface area (Å²) in [6.45, 7) is 1.28. The lowest BCUT2D eigenvalue weighted by atomic mass is 9.94. The minimum Gasteiger partial charge on any atom is -0.394 e. The van der Waals surface area contributed by atoms with E-state index in [1.807, 2.05) is 0 Å². The van der Waals surface area contributed by atoms with E-state index in [9.17, 15) is 73.5 Å². The highest BCUT2D eigenvalue weighted by Gasteiger charge is 2.49. The number of nitrogens with one attached hydrogen (secondary N) is 7. The summed E-state index contributed by atoms with van der Waals surface area (Å²) < 4.78 is 12.9. The number of carbonyl (C=O) groups is 7. The fourth-order valence-corrected chi connectivity index (χ4v) is 7.96. The molecule has 2 aliphatic rings. The van der Waals surface area contributed by atoms with Crippen molar-refractivity contribution in [3.8, 4) is 0 Å². The lowest BCUT2D eigenvalue weighted by Crippen LogP contribution is -2.63. The zero-order valence-electron chi connectivity index (χ0n) is 34.7. The van der Waals surface area contributed by atoms with E-state index in [1.54, 1.807) is 24.3 Å². The second-order valence-electron chi connectivity index (χ2n) is 15.9. The lowest BCUT2D eigenvalue weighted by molar-refractivity contribution is -0.145. The van der Waals surface area contributed by atoms with Crippen molar-refractivity contribution >= 4 is 63.1 Å². The van der Waals surface area contributed by atoms with E-state index in [1.165, 1.54) is 27.0 Å². The van der Waals surface area contributed by atoms with Crippen molar-refractivity contribution in [3.63, 3.8) is 0 Å². The summed E-state index contributed by atoms with van der Waals surface area (Å²) in [5.41, 5.74) is -1.58. The molecule has 24 heteroatoms. The standard InChI is InChI=1S/C38H56N8O15S/c1-16(2)26-33(56)45-27(18(4)50)34(57)42-24(13-47)37(59)46-12-25(51)29(52)28(46)35(58)39-17(3)30(53)40-22(10-20-19-8-6-7-9-21(19)43-36(20)62(5)61)31(54)41-23(32(55)44-26)11-38(60,14-48)15-49/h6-9,16-18,22-29,43,47-52,60H,10-15H2,1-5H3,(H,39,58)(H,40,53)(H,41,54)(H,42,57)(H,44,55)(H,45,56)/t17-,18-,22-,23-,24+,25+,26-,27+,28-,29-,62?/m0/s1. The van der Waals surface area contributed by atoms with Crippen LogP contribution >= 0.6 is 0 Å². The number of rotatable bonds is 10. The number of para-hydroxylation sites is 1. The summed E-state index contributed by atoms with van der Waals surface area (Å²) in [7, 11) is -1.69. The Bertz CT molecular complexity index is 2030. The van der Waals surface area contributed by atoms with Gasteiger partial charge in [-0.2, -0.15) is 0 Å². The van der Waals surface area contributed by atoms with Crippen LogP contribution in [0.3, 0.4) is 0 Å². The quantitative estimate of drug-likeness (QED) is 0.105. The zero-order valence-corrected chi connectivity index (χ0v) is 35.5. The van der Waals surface area contributed by atoms with E-state index in [-0.39, 0.29) is 5.03 Å². The van der Waals surface area contributed by atoms with Crippen LogP contribution in [0, 0.1) is 5.92 Å². The molecule has 23 nitrogen and oxygen atoms in total. The van der Waals surface area contributed by atoms with Gasteiger partial charge in [0, 0.05) is 30.0 Å². The van der Waals surface area contributed by atoms with Crippen LogP contribution in [0.25, 0.3) is 10.9 Å².